The monoisotopic (exact) mass is 330 g/mol. The third kappa shape index (κ3) is 6.16. The zero-order valence-corrected chi connectivity index (χ0v) is 15.7. The van der Waals surface area contributed by atoms with Crippen molar-refractivity contribution in [1.29, 1.82) is 0 Å². The molecule has 0 radical (unpaired) electrons. The summed E-state index contributed by atoms with van der Waals surface area (Å²) in [5, 5.41) is 3.44. The molecule has 0 amide bonds. The number of nitrogens with one attached hydrogen (secondary N) is 1. The van der Waals surface area contributed by atoms with Crippen LogP contribution in [0.4, 0.5) is 0 Å². The van der Waals surface area contributed by atoms with Gasteiger partial charge in [0.1, 0.15) is 0 Å². The molecule has 0 bridgehead atoms. The minimum Gasteiger partial charge on any atom is -0.357 e. The molecule has 1 aliphatic rings. The Bertz CT molecular complexity index is 478. The van der Waals surface area contributed by atoms with Gasteiger partial charge in [-0.05, 0) is 57.3 Å². The fourth-order valence-corrected chi connectivity index (χ4v) is 3.33. The van der Waals surface area contributed by atoms with Gasteiger partial charge >= 0.3 is 0 Å². The SMILES string of the molecule is CCCN1CCC(CN=C(NCC)N(C)Cc2ccccc2)CC1. The molecule has 0 saturated carbocycles. The van der Waals surface area contributed by atoms with Gasteiger partial charge in [-0.1, -0.05) is 37.3 Å². The summed E-state index contributed by atoms with van der Waals surface area (Å²) >= 11 is 0. The number of piperidine rings is 1. The zero-order valence-electron chi connectivity index (χ0n) is 15.7. The van der Waals surface area contributed by atoms with Gasteiger partial charge in [0, 0.05) is 26.7 Å². The summed E-state index contributed by atoms with van der Waals surface area (Å²) in [7, 11) is 2.12. The number of guanidine groups is 1. The lowest BCUT2D eigenvalue weighted by atomic mass is 9.97. The van der Waals surface area contributed by atoms with Crippen LogP contribution in [-0.2, 0) is 6.54 Å². The zero-order chi connectivity index (χ0) is 17.2. The van der Waals surface area contributed by atoms with Gasteiger partial charge in [0.15, 0.2) is 5.96 Å². The predicted octanol–water partition coefficient (Wildman–Crippen LogP) is 3.21. The molecule has 1 heterocycles. The topological polar surface area (TPSA) is 30.9 Å². The first-order valence-electron chi connectivity index (χ1n) is 9.48. The van der Waals surface area contributed by atoms with E-state index < -0.39 is 0 Å². The molecule has 1 N–H and O–H groups in total. The fraction of sp³-hybridized carbons (Fsp3) is 0.650. The minimum atomic E-state index is 0.733. The Morgan fingerprint density at radius 1 is 1.21 bits per heavy atom. The average Bonchev–Trinajstić information content (AvgIpc) is 2.61. The molecule has 1 aromatic carbocycles. The normalized spacial score (nSPS) is 17.0. The Hall–Kier alpha value is -1.55. The van der Waals surface area contributed by atoms with Crippen molar-refractivity contribution in [1.82, 2.24) is 15.1 Å². The molecule has 0 spiro atoms. The van der Waals surface area contributed by atoms with E-state index in [2.05, 4.69) is 66.3 Å². The first-order valence-corrected chi connectivity index (χ1v) is 9.48. The molecule has 0 atom stereocenters. The molecule has 1 saturated heterocycles. The first kappa shape index (κ1) is 18.8. The Morgan fingerprint density at radius 2 is 1.92 bits per heavy atom. The van der Waals surface area contributed by atoms with Crippen LogP contribution in [0.3, 0.4) is 0 Å². The van der Waals surface area contributed by atoms with Gasteiger partial charge in [-0.25, -0.2) is 0 Å². The second-order valence-corrected chi connectivity index (χ2v) is 6.82. The van der Waals surface area contributed by atoms with Crippen LogP contribution in [0.2, 0.25) is 0 Å². The van der Waals surface area contributed by atoms with Crippen LogP contribution in [0.25, 0.3) is 0 Å². The standard InChI is InChI=1S/C20H34N4/c1-4-13-24-14-11-18(12-15-24)16-22-20(21-5-2)23(3)17-19-9-7-6-8-10-19/h6-10,18H,4-5,11-17H2,1-3H3,(H,21,22). The largest absolute Gasteiger partial charge is 0.357 e. The third-order valence-electron chi connectivity index (χ3n) is 4.71. The Kier molecular flexibility index (Phi) is 8.10. The highest BCUT2D eigenvalue weighted by molar-refractivity contribution is 5.79. The Balaban J connectivity index is 1.86. The van der Waals surface area contributed by atoms with Crippen LogP contribution in [0.15, 0.2) is 35.3 Å². The lowest BCUT2D eigenvalue weighted by Gasteiger charge is -2.31. The number of nitrogens with zero attached hydrogens (tertiary/aromatic N) is 3. The van der Waals surface area contributed by atoms with Crippen molar-refractivity contribution in [2.45, 2.75) is 39.7 Å². The molecule has 24 heavy (non-hydrogen) atoms. The van der Waals surface area contributed by atoms with Gasteiger partial charge in [0.05, 0.1) is 0 Å². The van der Waals surface area contributed by atoms with Gasteiger partial charge < -0.3 is 15.1 Å². The van der Waals surface area contributed by atoms with Crippen LogP contribution >= 0.6 is 0 Å². The number of hydrogen-bond donors (Lipinski definition) is 1. The van der Waals surface area contributed by atoms with Crippen molar-refractivity contribution in [3.05, 3.63) is 35.9 Å². The fourth-order valence-electron chi connectivity index (χ4n) is 3.33. The maximum Gasteiger partial charge on any atom is 0.193 e. The van der Waals surface area contributed by atoms with Crippen LogP contribution < -0.4 is 5.32 Å². The van der Waals surface area contributed by atoms with Crippen molar-refractivity contribution < 1.29 is 0 Å². The summed E-state index contributed by atoms with van der Waals surface area (Å²) in [5.74, 6) is 1.76. The molecule has 1 fully saturated rings. The van der Waals surface area contributed by atoms with Crippen molar-refractivity contribution in [3.63, 3.8) is 0 Å². The number of benzene rings is 1. The van der Waals surface area contributed by atoms with Crippen LogP contribution in [0, 0.1) is 5.92 Å². The van der Waals surface area contributed by atoms with E-state index in [1.54, 1.807) is 0 Å². The van der Waals surface area contributed by atoms with Gasteiger partial charge in [-0.15, -0.1) is 0 Å². The lowest BCUT2D eigenvalue weighted by molar-refractivity contribution is 0.188. The van der Waals surface area contributed by atoms with Crippen LogP contribution in [0.1, 0.15) is 38.7 Å². The highest BCUT2D eigenvalue weighted by atomic mass is 15.3. The van der Waals surface area contributed by atoms with E-state index in [1.807, 2.05) is 0 Å². The van der Waals surface area contributed by atoms with Crippen LogP contribution in [-0.4, -0.2) is 55.5 Å². The molecule has 4 nitrogen and oxygen atoms in total. The lowest BCUT2D eigenvalue weighted by Crippen LogP contribution is -2.39. The molecule has 4 heteroatoms. The molecule has 134 valence electrons. The van der Waals surface area contributed by atoms with E-state index in [-0.39, 0.29) is 0 Å². The second-order valence-electron chi connectivity index (χ2n) is 6.82. The molecule has 1 aliphatic heterocycles. The summed E-state index contributed by atoms with van der Waals surface area (Å²) in [4.78, 5) is 9.73. The van der Waals surface area contributed by atoms with E-state index in [4.69, 9.17) is 4.99 Å². The van der Waals surface area contributed by atoms with Crippen molar-refractivity contribution in [3.8, 4) is 0 Å². The maximum absolute atomic E-state index is 4.92. The van der Waals surface area contributed by atoms with Crippen molar-refractivity contribution in [2.75, 3.05) is 39.8 Å². The average molecular weight is 331 g/mol. The van der Waals surface area contributed by atoms with Crippen LogP contribution in [0.5, 0.6) is 0 Å². The maximum atomic E-state index is 4.92. The van der Waals surface area contributed by atoms with E-state index in [1.165, 1.54) is 44.5 Å². The predicted molar refractivity (Wildman–Crippen MR) is 103 cm³/mol. The summed E-state index contributed by atoms with van der Waals surface area (Å²) in [6, 6.07) is 10.6. The summed E-state index contributed by atoms with van der Waals surface area (Å²) in [6.07, 6.45) is 3.83. The van der Waals surface area contributed by atoms with Gasteiger partial charge in [-0.2, -0.15) is 0 Å². The van der Waals surface area contributed by atoms with Gasteiger partial charge in [0.2, 0.25) is 0 Å². The number of hydrogen-bond acceptors (Lipinski definition) is 2. The highest BCUT2D eigenvalue weighted by Gasteiger charge is 2.18. The minimum absolute atomic E-state index is 0.733. The molecule has 0 aliphatic carbocycles. The highest BCUT2D eigenvalue weighted by Crippen LogP contribution is 2.17. The summed E-state index contributed by atoms with van der Waals surface area (Å²) in [6.45, 7) is 10.9. The van der Waals surface area contributed by atoms with E-state index in [0.717, 1.165) is 31.5 Å². The van der Waals surface area contributed by atoms with Gasteiger partial charge in [-0.3, -0.25) is 4.99 Å². The molecule has 0 unspecified atom stereocenters. The molecular weight excluding hydrogens is 296 g/mol. The number of rotatable bonds is 7. The Morgan fingerprint density at radius 3 is 2.54 bits per heavy atom. The third-order valence-corrected chi connectivity index (χ3v) is 4.71. The quantitative estimate of drug-likeness (QED) is 0.615. The first-order chi connectivity index (χ1) is 11.7. The van der Waals surface area contributed by atoms with E-state index in [9.17, 15) is 0 Å². The Labute approximate surface area is 147 Å². The number of likely N-dealkylation sites (tertiary alicyclic amines) is 1. The summed E-state index contributed by atoms with van der Waals surface area (Å²) < 4.78 is 0. The molecule has 1 aromatic rings. The molecule has 2 rings (SSSR count). The van der Waals surface area contributed by atoms with Crippen molar-refractivity contribution >= 4 is 5.96 Å². The molecule has 0 aromatic heterocycles. The van der Waals surface area contributed by atoms with E-state index >= 15 is 0 Å². The number of aliphatic imine (C=N–C) groups is 1. The second kappa shape index (κ2) is 10.3. The smallest absolute Gasteiger partial charge is 0.193 e. The molecular formula is C20H34N4. The van der Waals surface area contributed by atoms with Gasteiger partial charge in [0.25, 0.3) is 0 Å². The van der Waals surface area contributed by atoms with Crippen molar-refractivity contribution in [2.24, 2.45) is 10.9 Å². The van der Waals surface area contributed by atoms with E-state index in [0.29, 0.717) is 0 Å². The summed E-state index contributed by atoms with van der Waals surface area (Å²) in [5.41, 5.74) is 1.32.